The quantitative estimate of drug-likeness (QED) is 0.826. The van der Waals surface area contributed by atoms with Crippen molar-refractivity contribution in [3.8, 4) is 0 Å². The van der Waals surface area contributed by atoms with Gasteiger partial charge in [0.1, 0.15) is 0 Å². The number of carbonyl (C=O) groups is 1. The Kier molecular flexibility index (Phi) is 3.59. The van der Waals surface area contributed by atoms with Crippen LogP contribution in [0.2, 0.25) is 0 Å². The molecule has 1 aliphatic rings. The van der Waals surface area contributed by atoms with Crippen LogP contribution in [0.15, 0.2) is 17.5 Å². The molecule has 1 amide bonds. The molecule has 2 aromatic heterocycles. The lowest BCUT2D eigenvalue weighted by Crippen LogP contribution is -2.37. The maximum atomic E-state index is 12.1. The van der Waals surface area contributed by atoms with Crippen LogP contribution in [0.4, 0.5) is 0 Å². The van der Waals surface area contributed by atoms with Crippen LogP contribution in [0.1, 0.15) is 35.4 Å². The van der Waals surface area contributed by atoms with E-state index in [0.29, 0.717) is 11.4 Å². The van der Waals surface area contributed by atoms with E-state index in [4.69, 9.17) is 11.6 Å². The lowest BCUT2D eigenvalue weighted by atomic mass is 9.95. The van der Waals surface area contributed by atoms with Gasteiger partial charge in [-0.1, -0.05) is 0 Å². The zero-order valence-corrected chi connectivity index (χ0v) is 12.2. The first-order valence-corrected chi connectivity index (χ1v) is 8.27. The van der Waals surface area contributed by atoms with E-state index < -0.39 is 0 Å². The first-order valence-electron chi connectivity index (χ1n) is 6.14. The molecule has 18 heavy (non-hydrogen) atoms. The van der Waals surface area contributed by atoms with Crippen molar-refractivity contribution in [2.24, 2.45) is 0 Å². The summed E-state index contributed by atoms with van der Waals surface area (Å²) >= 11 is 9.32. The van der Waals surface area contributed by atoms with E-state index in [1.54, 1.807) is 22.7 Å². The maximum absolute atomic E-state index is 12.1. The molecule has 1 fully saturated rings. The van der Waals surface area contributed by atoms with Crippen LogP contribution in [0.5, 0.6) is 0 Å². The van der Waals surface area contributed by atoms with Gasteiger partial charge in [-0.3, -0.25) is 4.79 Å². The Morgan fingerprint density at radius 1 is 1.28 bits per heavy atom. The predicted octanol–water partition coefficient (Wildman–Crippen LogP) is 4.24. The molecule has 1 N–H and O–H groups in total. The Hall–Kier alpha value is -0.580. The van der Waals surface area contributed by atoms with Crippen LogP contribution < -0.4 is 5.32 Å². The van der Waals surface area contributed by atoms with Crippen molar-refractivity contribution in [1.29, 1.82) is 0 Å². The summed E-state index contributed by atoms with van der Waals surface area (Å²) < 4.78 is 2.41. The fraction of sp³-hybridized carbons (Fsp3) is 0.462. The van der Waals surface area contributed by atoms with Gasteiger partial charge in [-0.2, -0.15) is 0 Å². The van der Waals surface area contributed by atoms with Gasteiger partial charge in [-0.25, -0.2) is 0 Å². The Morgan fingerprint density at radius 3 is 2.78 bits per heavy atom. The summed E-state index contributed by atoms with van der Waals surface area (Å²) in [7, 11) is 0. The normalized spacial score (nSPS) is 24.3. The minimum Gasteiger partial charge on any atom is -0.349 e. The number of hydrogen-bond acceptors (Lipinski definition) is 3. The molecule has 0 unspecified atom stereocenters. The highest BCUT2D eigenvalue weighted by Gasteiger charge is 2.22. The second-order valence-electron chi connectivity index (χ2n) is 4.68. The van der Waals surface area contributed by atoms with Gasteiger partial charge in [-0.05, 0) is 43.2 Å². The van der Waals surface area contributed by atoms with Crippen LogP contribution in [0, 0.1) is 0 Å². The minimum absolute atomic E-state index is 0.0708. The van der Waals surface area contributed by atoms with Gasteiger partial charge in [0.2, 0.25) is 0 Å². The molecule has 0 spiro atoms. The Morgan fingerprint density at radius 2 is 2.06 bits per heavy atom. The first-order chi connectivity index (χ1) is 8.72. The van der Waals surface area contributed by atoms with Crippen molar-refractivity contribution in [2.75, 3.05) is 0 Å². The van der Waals surface area contributed by atoms with Crippen molar-refractivity contribution in [3.05, 3.63) is 22.4 Å². The predicted molar refractivity (Wildman–Crippen MR) is 79.1 cm³/mol. The van der Waals surface area contributed by atoms with E-state index >= 15 is 0 Å². The van der Waals surface area contributed by atoms with E-state index in [2.05, 4.69) is 16.8 Å². The second-order valence-corrected chi connectivity index (χ2v) is 7.33. The Balaban J connectivity index is 1.66. The summed E-state index contributed by atoms with van der Waals surface area (Å²) in [5.74, 6) is 0.0708. The second kappa shape index (κ2) is 5.19. The molecule has 5 heteroatoms. The van der Waals surface area contributed by atoms with Crippen molar-refractivity contribution >= 4 is 49.6 Å². The van der Waals surface area contributed by atoms with Gasteiger partial charge in [0.05, 0.1) is 4.88 Å². The molecular formula is C13H14ClNOS2. The zero-order chi connectivity index (χ0) is 12.5. The number of hydrogen-bond donors (Lipinski definition) is 1. The number of thiophene rings is 2. The molecular weight excluding hydrogens is 286 g/mol. The SMILES string of the molecule is O=C(NC1CCC(Cl)CC1)c1cc2sccc2s1. The smallest absolute Gasteiger partial charge is 0.261 e. The van der Waals surface area contributed by atoms with Gasteiger partial charge in [0.15, 0.2) is 0 Å². The van der Waals surface area contributed by atoms with Gasteiger partial charge < -0.3 is 5.32 Å². The summed E-state index contributed by atoms with van der Waals surface area (Å²) in [5.41, 5.74) is 0. The summed E-state index contributed by atoms with van der Waals surface area (Å²) in [5, 5.41) is 5.48. The standard InChI is InChI=1S/C13H14ClNOS2/c14-8-1-3-9(4-2-8)15-13(16)12-7-11-10(18-12)5-6-17-11/h5-9H,1-4H2,(H,15,16). The molecule has 0 aliphatic heterocycles. The average Bonchev–Trinajstić information content (AvgIpc) is 2.92. The monoisotopic (exact) mass is 299 g/mol. The largest absolute Gasteiger partial charge is 0.349 e. The highest BCUT2D eigenvalue weighted by Crippen LogP contribution is 2.30. The molecule has 1 saturated carbocycles. The molecule has 96 valence electrons. The lowest BCUT2D eigenvalue weighted by molar-refractivity contribution is 0.0932. The minimum atomic E-state index is 0.0708. The van der Waals surface area contributed by atoms with Crippen molar-refractivity contribution in [1.82, 2.24) is 5.32 Å². The van der Waals surface area contributed by atoms with Gasteiger partial charge in [0, 0.05) is 20.8 Å². The van der Waals surface area contributed by atoms with Crippen LogP contribution in [0.25, 0.3) is 9.40 Å². The number of nitrogens with one attached hydrogen (secondary N) is 1. The Bertz CT molecular complexity index is 526. The molecule has 2 heterocycles. The third-order valence-corrected chi connectivity index (χ3v) is 5.88. The van der Waals surface area contributed by atoms with Gasteiger partial charge in [0.25, 0.3) is 5.91 Å². The summed E-state index contributed by atoms with van der Waals surface area (Å²) in [4.78, 5) is 13.0. The molecule has 0 atom stereocenters. The summed E-state index contributed by atoms with van der Waals surface area (Å²) in [6.45, 7) is 0. The van der Waals surface area contributed by atoms with Gasteiger partial charge >= 0.3 is 0 Å². The summed E-state index contributed by atoms with van der Waals surface area (Å²) in [6, 6.07) is 4.36. The van der Waals surface area contributed by atoms with E-state index in [9.17, 15) is 4.79 Å². The average molecular weight is 300 g/mol. The Labute approximate surface area is 119 Å². The number of halogens is 1. The molecule has 0 bridgehead atoms. The van der Waals surface area contributed by atoms with Gasteiger partial charge in [-0.15, -0.1) is 34.3 Å². The fourth-order valence-corrected chi connectivity index (χ4v) is 4.60. The first kappa shape index (κ1) is 12.5. The molecule has 0 radical (unpaired) electrons. The number of amides is 1. The third-order valence-electron chi connectivity index (χ3n) is 3.36. The highest BCUT2D eigenvalue weighted by molar-refractivity contribution is 7.27. The molecule has 2 nitrogen and oxygen atoms in total. The fourth-order valence-electron chi connectivity index (χ4n) is 2.33. The van der Waals surface area contributed by atoms with Crippen LogP contribution in [-0.4, -0.2) is 17.3 Å². The number of rotatable bonds is 2. The molecule has 0 saturated heterocycles. The van der Waals surface area contributed by atoms with Crippen LogP contribution in [0.3, 0.4) is 0 Å². The molecule has 1 aliphatic carbocycles. The van der Waals surface area contributed by atoms with E-state index in [1.165, 1.54) is 9.40 Å². The number of fused-ring (bicyclic) bond motifs is 1. The third kappa shape index (κ3) is 2.56. The van der Waals surface area contributed by atoms with E-state index in [-0.39, 0.29) is 5.91 Å². The van der Waals surface area contributed by atoms with Crippen molar-refractivity contribution in [3.63, 3.8) is 0 Å². The lowest BCUT2D eigenvalue weighted by Gasteiger charge is -2.25. The van der Waals surface area contributed by atoms with Crippen LogP contribution >= 0.6 is 34.3 Å². The zero-order valence-electron chi connectivity index (χ0n) is 9.82. The van der Waals surface area contributed by atoms with Crippen molar-refractivity contribution in [2.45, 2.75) is 37.1 Å². The topological polar surface area (TPSA) is 29.1 Å². The number of alkyl halides is 1. The van der Waals surface area contributed by atoms with Crippen LogP contribution in [-0.2, 0) is 0 Å². The van der Waals surface area contributed by atoms with Crippen molar-refractivity contribution < 1.29 is 4.79 Å². The summed E-state index contributed by atoms with van der Waals surface area (Å²) in [6.07, 6.45) is 4.01. The van der Waals surface area contributed by atoms with E-state index in [1.807, 2.05) is 6.07 Å². The molecule has 0 aromatic carbocycles. The maximum Gasteiger partial charge on any atom is 0.261 e. The molecule has 2 aromatic rings. The number of carbonyl (C=O) groups excluding carboxylic acids is 1. The van der Waals surface area contributed by atoms with E-state index in [0.717, 1.165) is 30.6 Å². The highest BCUT2D eigenvalue weighted by atomic mass is 35.5. The molecule has 3 rings (SSSR count).